The fourth-order valence-corrected chi connectivity index (χ4v) is 3.50. The Morgan fingerprint density at radius 2 is 2.03 bits per heavy atom. The van der Waals surface area contributed by atoms with E-state index in [9.17, 15) is 13.8 Å². The number of nitrogens with one attached hydrogen (secondary N) is 4. The average Bonchev–Trinajstić information content (AvgIpc) is 2.78. The van der Waals surface area contributed by atoms with Crippen molar-refractivity contribution >= 4 is 46.3 Å². The maximum atomic E-state index is 11.3. The minimum Gasteiger partial charge on any atom is -0.395 e. The molecule has 0 saturated heterocycles. The number of aliphatic hydroxyl groups is 1. The van der Waals surface area contributed by atoms with Crippen LogP contribution in [-0.4, -0.2) is 47.5 Å². The molecule has 0 bridgehead atoms. The van der Waals surface area contributed by atoms with E-state index >= 15 is 0 Å². The van der Waals surface area contributed by atoms with Crippen molar-refractivity contribution in [3.63, 3.8) is 0 Å². The first-order valence-electron chi connectivity index (χ1n) is 9.89. The largest absolute Gasteiger partial charge is 0.395 e. The number of fused-ring (bicyclic) bond motifs is 1. The van der Waals surface area contributed by atoms with E-state index in [1.54, 1.807) is 24.3 Å². The molecule has 1 atom stereocenters. The van der Waals surface area contributed by atoms with Crippen LogP contribution in [0.25, 0.3) is 0 Å². The molecule has 0 radical (unpaired) electrons. The number of nitrogens with zero attached hydrogens (tertiary/aromatic N) is 1. The predicted molar refractivity (Wildman–Crippen MR) is 127 cm³/mol. The molecular weight excluding hydrogens is 432 g/mol. The van der Waals surface area contributed by atoms with Gasteiger partial charge in [0, 0.05) is 49.9 Å². The fourth-order valence-electron chi connectivity index (χ4n) is 2.76. The number of carbonyl (C=O) groups is 2. The lowest BCUT2D eigenvalue weighted by molar-refractivity contribution is -0.118. The Morgan fingerprint density at radius 3 is 2.66 bits per heavy atom. The van der Waals surface area contributed by atoms with Crippen molar-refractivity contribution in [2.24, 2.45) is 5.73 Å². The molecule has 3 rings (SSSR count). The number of nitrogens with two attached hydrogens (primary N) is 1. The maximum absolute atomic E-state index is 11.3. The van der Waals surface area contributed by atoms with E-state index < -0.39 is 11.2 Å². The highest BCUT2D eigenvalue weighted by Crippen LogP contribution is 2.25. The van der Waals surface area contributed by atoms with E-state index in [0.717, 1.165) is 16.9 Å². The van der Waals surface area contributed by atoms with Gasteiger partial charge in [-0.25, -0.2) is 8.93 Å². The molecule has 0 aliphatic carbocycles. The molecule has 2 aromatic rings. The Hall–Kier alpha value is -3.28. The Morgan fingerprint density at radius 1 is 1.31 bits per heavy atom. The van der Waals surface area contributed by atoms with Crippen LogP contribution < -0.4 is 25.4 Å². The number of anilines is 3. The minimum absolute atomic E-state index is 0.0150. The van der Waals surface area contributed by atoms with Crippen LogP contribution in [0.5, 0.6) is 0 Å². The molecule has 0 aromatic heterocycles. The van der Waals surface area contributed by atoms with E-state index in [4.69, 9.17) is 16.2 Å². The van der Waals surface area contributed by atoms with Crippen LogP contribution >= 0.6 is 0 Å². The van der Waals surface area contributed by atoms with Gasteiger partial charge in [-0.1, -0.05) is 6.07 Å². The zero-order valence-electron chi connectivity index (χ0n) is 17.8. The van der Waals surface area contributed by atoms with Crippen LogP contribution in [0.3, 0.4) is 0 Å². The Kier molecular flexibility index (Phi) is 9.79. The third-order valence-electron chi connectivity index (χ3n) is 4.53. The van der Waals surface area contributed by atoms with E-state index in [0.29, 0.717) is 30.6 Å². The molecule has 0 spiro atoms. The van der Waals surface area contributed by atoms with Crippen LogP contribution in [0.1, 0.15) is 24.0 Å². The van der Waals surface area contributed by atoms with E-state index in [1.165, 1.54) is 0 Å². The molecule has 32 heavy (non-hydrogen) atoms. The van der Waals surface area contributed by atoms with Crippen molar-refractivity contribution < 1.29 is 18.9 Å². The Labute approximate surface area is 189 Å². The molecule has 1 unspecified atom stereocenters. The van der Waals surface area contributed by atoms with Crippen molar-refractivity contribution in [3.8, 4) is 0 Å². The smallest absolute Gasteiger partial charge is 0.224 e. The number of hydrogen-bond acceptors (Lipinski definition) is 6. The first kappa shape index (κ1) is 25.0. The number of benzene rings is 2. The second-order valence-corrected chi connectivity index (χ2v) is 7.95. The lowest BCUT2D eigenvalue weighted by Crippen LogP contribution is -2.29. The third-order valence-corrected chi connectivity index (χ3v) is 5.35. The number of rotatable bonds is 8. The second kappa shape index (κ2) is 12.5. The molecular formula is C21H28N6O4S. The standard InChI is InChI=1S/C11H13N3O2.C10H15N3O2S/c12-11(13)8-3-5-9(6-4-8)14-10(16)2-1-7-15;1-13(4-5-14)9-3-2-8-7-11-16(15)12-10(8)6-9/h3-7H,1-2H2,(H3,12,13)(H,14,16);2-3,6,11-12,14H,4-5,7H2,1H3. The quantitative estimate of drug-likeness (QED) is 0.196. The molecule has 172 valence electrons. The second-order valence-electron chi connectivity index (χ2n) is 6.92. The number of hydrogen-bond donors (Lipinski definition) is 6. The predicted octanol–water partition coefficient (Wildman–Crippen LogP) is 1.10. The molecule has 7 N–H and O–H groups in total. The number of aldehydes is 1. The molecule has 2 aromatic carbocycles. The van der Waals surface area contributed by atoms with Gasteiger partial charge in [0.2, 0.25) is 5.91 Å². The molecule has 1 aliphatic rings. The van der Waals surface area contributed by atoms with Gasteiger partial charge in [0.15, 0.2) is 11.2 Å². The van der Waals surface area contributed by atoms with E-state index in [2.05, 4.69) is 14.8 Å². The van der Waals surface area contributed by atoms with Crippen molar-refractivity contribution in [1.29, 1.82) is 5.41 Å². The van der Waals surface area contributed by atoms with Crippen molar-refractivity contribution in [2.45, 2.75) is 19.4 Å². The summed E-state index contributed by atoms with van der Waals surface area (Å²) in [6, 6.07) is 12.6. The Balaban J connectivity index is 0.000000227. The first-order valence-corrected chi connectivity index (χ1v) is 11.0. The van der Waals surface area contributed by atoms with Gasteiger partial charge < -0.3 is 25.9 Å². The summed E-state index contributed by atoms with van der Waals surface area (Å²) in [6.45, 7) is 1.31. The summed E-state index contributed by atoms with van der Waals surface area (Å²) < 4.78 is 17.0. The van der Waals surface area contributed by atoms with Crippen LogP contribution in [0.4, 0.5) is 17.1 Å². The zero-order chi connectivity index (χ0) is 23.5. The summed E-state index contributed by atoms with van der Waals surface area (Å²) in [5, 5.41) is 18.7. The van der Waals surface area contributed by atoms with Crippen LogP contribution in [0.2, 0.25) is 0 Å². The summed E-state index contributed by atoms with van der Waals surface area (Å²) in [7, 11) is 1.91. The third kappa shape index (κ3) is 7.76. The highest BCUT2D eigenvalue weighted by atomic mass is 32.2. The lowest BCUT2D eigenvalue weighted by atomic mass is 10.1. The molecule has 10 nitrogen and oxygen atoms in total. The van der Waals surface area contributed by atoms with Gasteiger partial charge in [-0.05, 0) is 42.0 Å². The van der Waals surface area contributed by atoms with Gasteiger partial charge in [0.05, 0.1) is 12.3 Å². The molecule has 1 heterocycles. The number of nitrogen functional groups attached to an aromatic ring is 1. The number of amidine groups is 1. The van der Waals surface area contributed by atoms with Crippen LogP contribution in [0, 0.1) is 5.41 Å². The monoisotopic (exact) mass is 460 g/mol. The van der Waals surface area contributed by atoms with Crippen molar-refractivity contribution in [2.75, 3.05) is 35.1 Å². The zero-order valence-corrected chi connectivity index (χ0v) is 18.6. The van der Waals surface area contributed by atoms with E-state index in [-0.39, 0.29) is 31.2 Å². The van der Waals surface area contributed by atoms with Gasteiger partial charge in [-0.3, -0.25) is 14.9 Å². The maximum Gasteiger partial charge on any atom is 0.224 e. The van der Waals surface area contributed by atoms with Crippen LogP contribution in [0.15, 0.2) is 42.5 Å². The van der Waals surface area contributed by atoms with Gasteiger partial charge in [0.25, 0.3) is 0 Å². The molecule has 0 saturated carbocycles. The number of likely N-dealkylation sites (N-methyl/N-ethyl adjacent to an activating group) is 1. The summed E-state index contributed by atoms with van der Waals surface area (Å²) in [5.74, 6) is -0.221. The fraction of sp³-hybridized carbons (Fsp3) is 0.286. The highest BCUT2D eigenvalue weighted by molar-refractivity contribution is 7.84. The molecule has 11 heteroatoms. The normalized spacial score (nSPS) is 14.1. The number of carbonyl (C=O) groups excluding carboxylic acids is 2. The van der Waals surface area contributed by atoms with Crippen molar-refractivity contribution in [3.05, 3.63) is 53.6 Å². The average molecular weight is 461 g/mol. The summed E-state index contributed by atoms with van der Waals surface area (Å²) in [4.78, 5) is 23.3. The van der Waals surface area contributed by atoms with E-state index in [1.807, 2.05) is 30.1 Å². The van der Waals surface area contributed by atoms with Crippen molar-refractivity contribution in [1.82, 2.24) is 4.72 Å². The summed E-state index contributed by atoms with van der Waals surface area (Å²) in [5.41, 5.74) is 9.50. The molecule has 1 aliphatic heterocycles. The van der Waals surface area contributed by atoms with Gasteiger partial charge in [-0.2, -0.15) is 0 Å². The van der Waals surface area contributed by atoms with Gasteiger partial charge >= 0.3 is 0 Å². The lowest BCUT2D eigenvalue weighted by Gasteiger charge is -2.23. The summed E-state index contributed by atoms with van der Waals surface area (Å²) >= 11 is -1.19. The minimum atomic E-state index is -1.19. The number of aliphatic hydroxyl groups excluding tert-OH is 1. The topological polar surface area (TPSA) is 161 Å². The SMILES string of the molecule is CN(CCO)c1ccc2c(c1)NS(=O)NC2.N=C(N)c1ccc(NC(=O)CCC=O)cc1. The molecule has 0 fully saturated rings. The highest BCUT2D eigenvalue weighted by Gasteiger charge is 2.14. The van der Waals surface area contributed by atoms with Crippen LogP contribution in [-0.2, 0) is 27.3 Å². The Bertz CT molecular complexity index is 967. The first-order chi connectivity index (χ1) is 15.3. The molecule has 1 amide bonds. The van der Waals surface area contributed by atoms with Gasteiger partial charge in [-0.15, -0.1) is 0 Å². The van der Waals surface area contributed by atoms with Gasteiger partial charge in [0.1, 0.15) is 12.1 Å². The summed E-state index contributed by atoms with van der Waals surface area (Å²) in [6.07, 6.45) is 1.10. The number of amides is 1.